The van der Waals surface area contributed by atoms with Crippen LogP contribution in [0.15, 0.2) is 42.5 Å². The molecule has 0 radical (unpaired) electrons. The van der Waals surface area contributed by atoms with Crippen molar-refractivity contribution in [2.24, 2.45) is 5.92 Å². The molecule has 0 saturated carbocycles. The first-order chi connectivity index (χ1) is 12.4. The van der Waals surface area contributed by atoms with Gasteiger partial charge in [-0.25, -0.2) is 8.42 Å². The van der Waals surface area contributed by atoms with E-state index in [1.165, 1.54) is 6.07 Å². The van der Waals surface area contributed by atoms with Crippen molar-refractivity contribution in [3.8, 4) is 11.8 Å². The zero-order valence-corrected chi connectivity index (χ0v) is 15.2. The largest absolute Gasteiger partial charge is 0.492 e. The molecule has 1 N–H and O–H groups in total. The predicted molar refractivity (Wildman–Crippen MR) is 96.1 cm³/mol. The topological polar surface area (TPSA) is 96.3 Å². The molecule has 0 aromatic heterocycles. The minimum absolute atomic E-state index is 0.0881. The third-order valence-corrected chi connectivity index (χ3v) is 5.48. The van der Waals surface area contributed by atoms with E-state index in [0.717, 1.165) is 5.56 Å². The minimum atomic E-state index is -3.93. The highest BCUT2D eigenvalue weighted by Crippen LogP contribution is 2.30. The summed E-state index contributed by atoms with van der Waals surface area (Å²) in [5, 5.41) is 9.58. The average Bonchev–Trinajstić information content (AvgIpc) is 2.60. The fourth-order valence-electron chi connectivity index (χ4n) is 2.76. The van der Waals surface area contributed by atoms with Gasteiger partial charge in [0.05, 0.1) is 23.3 Å². The van der Waals surface area contributed by atoms with Gasteiger partial charge in [0.2, 0.25) is 15.9 Å². The highest BCUT2D eigenvalue weighted by molar-refractivity contribution is 7.89. The van der Waals surface area contributed by atoms with Crippen LogP contribution in [0.25, 0.3) is 0 Å². The Morgan fingerprint density at radius 1 is 1.31 bits per heavy atom. The van der Waals surface area contributed by atoms with E-state index in [9.17, 15) is 13.2 Å². The number of carbonyl (C=O) groups excluding carboxylic acids is 1. The number of halogens is 1. The third-order valence-electron chi connectivity index (χ3n) is 4.04. The molecular weight excluding hydrogens is 376 g/mol. The van der Waals surface area contributed by atoms with E-state index in [-0.39, 0.29) is 12.2 Å². The van der Waals surface area contributed by atoms with Gasteiger partial charge in [-0.2, -0.15) is 5.26 Å². The number of nitriles is 1. The quantitative estimate of drug-likeness (QED) is 0.864. The molecule has 1 aliphatic heterocycles. The van der Waals surface area contributed by atoms with Crippen molar-refractivity contribution in [2.75, 3.05) is 6.61 Å². The molecule has 0 unspecified atom stereocenters. The van der Waals surface area contributed by atoms with Gasteiger partial charge < -0.3 is 4.74 Å². The summed E-state index contributed by atoms with van der Waals surface area (Å²) in [5.74, 6) is -1.07. The molecule has 2 aromatic rings. The van der Waals surface area contributed by atoms with Crippen molar-refractivity contribution >= 4 is 27.5 Å². The maximum absolute atomic E-state index is 12.4. The van der Waals surface area contributed by atoms with E-state index in [2.05, 4.69) is 4.72 Å². The Bertz CT molecular complexity index is 998. The van der Waals surface area contributed by atoms with Gasteiger partial charge in [0, 0.05) is 5.02 Å². The van der Waals surface area contributed by atoms with E-state index < -0.39 is 27.6 Å². The highest BCUT2D eigenvalue weighted by atomic mass is 35.5. The van der Waals surface area contributed by atoms with Crippen LogP contribution in [0, 0.1) is 17.2 Å². The number of carbonyl (C=O) groups is 1. The Morgan fingerprint density at radius 2 is 2.08 bits per heavy atom. The summed E-state index contributed by atoms with van der Waals surface area (Å²) in [6.45, 7) is 0.0881. The number of nitrogens with zero attached hydrogens (tertiary/aromatic N) is 1. The molecule has 1 aliphatic rings. The van der Waals surface area contributed by atoms with Crippen molar-refractivity contribution in [1.82, 2.24) is 4.72 Å². The summed E-state index contributed by atoms with van der Waals surface area (Å²) in [5.41, 5.74) is 1.36. The van der Waals surface area contributed by atoms with E-state index in [4.69, 9.17) is 21.6 Å². The molecule has 0 saturated heterocycles. The van der Waals surface area contributed by atoms with Crippen LogP contribution in [-0.4, -0.2) is 20.9 Å². The number of hydrogen-bond donors (Lipinski definition) is 1. The normalized spacial score (nSPS) is 16.1. The number of benzene rings is 2. The number of fused-ring (bicyclic) bond motifs is 1. The summed E-state index contributed by atoms with van der Waals surface area (Å²) >= 11 is 5.95. The van der Waals surface area contributed by atoms with Gasteiger partial charge in [0.15, 0.2) is 0 Å². The first kappa shape index (κ1) is 18.2. The third kappa shape index (κ3) is 4.15. The van der Waals surface area contributed by atoms with Crippen LogP contribution >= 0.6 is 11.6 Å². The number of nitrogens with one attached hydrogen (secondary N) is 1. The van der Waals surface area contributed by atoms with E-state index in [1.54, 1.807) is 36.4 Å². The second kappa shape index (κ2) is 7.36. The maximum atomic E-state index is 12.4. The molecule has 0 fully saturated rings. The number of ether oxygens (including phenoxy) is 1. The van der Waals surface area contributed by atoms with Crippen LogP contribution in [0.2, 0.25) is 5.02 Å². The van der Waals surface area contributed by atoms with Gasteiger partial charge in [0.25, 0.3) is 0 Å². The molecule has 0 bridgehead atoms. The Hall–Kier alpha value is -2.56. The molecule has 3 rings (SSSR count). The molecule has 26 heavy (non-hydrogen) atoms. The Balaban J connectivity index is 1.70. The molecule has 8 heteroatoms. The number of rotatable bonds is 4. The second-order valence-electron chi connectivity index (χ2n) is 5.96. The summed E-state index contributed by atoms with van der Waals surface area (Å²) in [7, 11) is -3.93. The van der Waals surface area contributed by atoms with Crippen molar-refractivity contribution in [3.05, 3.63) is 64.2 Å². The van der Waals surface area contributed by atoms with E-state index in [0.29, 0.717) is 22.8 Å². The summed E-state index contributed by atoms with van der Waals surface area (Å²) in [6.07, 6.45) is 0.339. The van der Waals surface area contributed by atoms with Gasteiger partial charge in [-0.1, -0.05) is 29.8 Å². The first-order valence-electron chi connectivity index (χ1n) is 7.81. The highest BCUT2D eigenvalue weighted by Gasteiger charge is 2.29. The van der Waals surface area contributed by atoms with Gasteiger partial charge in [-0.15, -0.1) is 0 Å². The van der Waals surface area contributed by atoms with E-state index >= 15 is 0 Å². The van der Waals surface area contributed by atoms with Gasteiger partial charge in [-0.3, -0.25) is 9.52 Å². The molecule has 1 heterocycles. The SMILES string of the molecule is N#Cc1ccccc1CS(=O)(=O)NC(=O)[C@H]1COc2ccc(Cl)cc2C1. The van der Waals surface area contributed by atoms with Crippen molar-refractivity contribution < 1.29 is 17.9 Å². The minimum Gasteiger partial charge on any atom is -0.492 e. The summed E-state index contributed by atoms with van der Waals surface area (Å²) in [6, 6.07) is 13.4. The fraction of sp³-hybridized carbons (Fsp3) is 0.222. The number of amides is 1. The monoisotopic (exact) mass is 390 g/mol. The van der Waals surface area contributed by atoms with Crippen molar-refractivity contribution in [1.29, 1.82) is 5.26 Å². The van der Waals surface area contributed by atoms with Crippen LogP contribution in [0.4, 0.5) is 0 Å². The number of hydrogen-bond acceptors (Lipinski definition) is 5. The molecule has 1 amide bonds. The van der Waals surface area contributed by atoms with Crippen LogP contribution in [0.3, 0.4) is 0 Å². The Morgan fingerprint density at radius 3 is 2.85 bits per heavy atom. The molecule has 6 nitrogen and oxygen atoms in total. The lowest BCUT2D eigenvalue weighted by Gasteiger charge is -2.24. The number of sulfonamides is 1. The lowest BCUT2D eigenvalue weighted by Crippen LogP contribution is -2.40. The summed E-state index contributed by atoms with van der Waals surface area (Å²) < 4.78 is 32.2. The van der Waals surface area contributed by atoms with E-state index in [1.807, 2.05) is 6.07 Å². The Kier molecular flexibility index (Phi) is 5.16. The van der Waals surface area contributed by atoms with Crippen LogP contribution < -0.4 is 9.46 Å². The smallest absolute Gasteiger partial charge is 0.240 e. The standard InChI is InChI=1S/C18H15ClN2O4S/c19-16-5-6-17-14(8-16)7-15(10-25-17)18(22)21-26(23,24)11-13-4-2-1-3-12(13)9-20/h1-6,8,15H,7,10-11H2,(H,21,22)/t15-/m1/s1. The van der Waals surface area contributed by atoms with Crippen LogP contribution in [-0.2, 0) is 27.0 Å². The molecular formula is C18H15ClN2O4S. The van der Waals surface area contributed by atoms with Gasteiger partial charge >= 0.3 is 0 Å². The van der Waals surface area contributed by atoms with Crippen molar-refractivity contribution in [2.45, 2.75) is 12.2 Å². The van der Waals surface area contributed by atoms with Gasteiger partial charge in [0.1, 0.15) is 12.4 Å². The summed E-state index contributed by atoms with van der Waals surface area (Å²) in [4.78, 5) is 12.4. The molecule has 0 spiro atoms. The average molecular weight is 391 g/mol. The van der Waals surface area contributed by atoms with Crippen LogP contribution in [0.1, 0.15) is 16.7 Å². The molecule has 1 atom stereocenters. The van der Waals surface area contributed by atoms with Crippen LogP contribution in [0.5, 0.6) is 5.75 Å². The van der Waals surface area contributed by atoms with Crippen molar-refractivity contribution in [3.63, 3.8) is 0 Å². The zero-order chi connectivity index (χ0) is 18.7. The molecule has 134 valence electrons. The first-order valence-corrected chi connectivity index (χ1v) is 9.84. The zero-order valence-electron chi connectivity index (χ0n) is 13.6. The second-order valence-corrected chi connectivity index (χ2v) is 8.12. The lowest BCUT2D eigenvalue weighted by molar-refractivity contribution is -0.124. The lowest BCUT2D eigenvalue weighted by atomic mass is 9.96. The molecule has 2 aromatic carbocycles. The maximum Gasteiger partial charge on any atom is 0.240 e. The molecule has 0 aliphatic carbocycles. The predicted octanol–water partition coefficient (Wildman–Crippen LogP) is 2.41. The Labute approximate surface area is 156 Å². The fourth-order valence-corrected chi connectivity index (χ4v) is 4.17. The van der Waals surface area contributed by atoms with Gasteiger partial charge in [-0.05, 0) is 41.8 Å².